The molecule has 0 radical (unpaired) electrons. The number of hydrogen-bond donors (Lipinski definition) is 3. The number of nitrogens with zero attached hydrogens (tertiary/aromatic N) is 4. The first kappa shape index (κ1) is 19.4. The normalized spacial score (nSPS) is 34.5. The van der Waals surface area contributed by atoms with Crippen molar-refractivity contribution in [3.05, 3.63) is 23.0 Å². The van der Waals surface area contributed by atoms with Crippen molar-refractivity contribution in [2.45, 2.75) is 24.7 Å². The lowest BCUT2D eigenvalue weighted by Crippen LogP contribution is -2.55. The molecule has 2 saturated heterocycles. The lowest BCUT2D eigenvalue weighted by Gasteiger charge is -2.39. The van der Waals surface area contributed by atoms with Crippen LogP contribution in [-0.4, -0.2) is 76.5 Å². The van der Waals surface area contributed by atoms with E-state index in [0.717, 1.165) is 0 Å². The number of hydrogen-bond acceptors (Lipinski definition) is 10. The number of methoxy groups -OCH3 is 1. The van der Waals surface area contributed by atoms with E-state index in [4.69, 9.17) is 15.2 Å². The molecule has 4 N–H and O–H groups in total. The van der Waals surface area contributed by atoms with Crippen LogP contribution in [0.5, 0.6) is 0 Å². The molecule has 31 heavy (non-hydrogen) atoms. The molecule has 12 nitrogen and oxygen atoms in total. The van der Waals surface area contributed by atoms with Crippen LogP contribution in [0.1, 0.15) is 12.5 Å². The maximum absolute atomic E-state index is 13.6. The van der Waals surface area contributed by atoms with Gasteiger partial charge in [-0.3, -0.25) is 14.7 Å². The SMILES string of the molecule is COC12C(COC(N)=O)C3=C(C(=O)C(C)C(=Nc4[nH]ncc4C#N)C3=O)N1CC1NC12. The average Bonchev–Trinajstić information content (AvgIpc) is 3.13. The summed E-state index contributed by atoms with van der Waals surface area (Å²) in [7, 11) is 1.50. The Balaban J connectivity index is 1.64. The van der Waals surface area contributed by atoms with Crippen molar-refractivity contribution in [2.24, 2.45) is 22.6 Å². The number of H-pyrrole nitrogens is 1. The number of fused-ring (bicyclic) bond motifs is 4. The van der Waals surface area contributed by atoms with Gasteiger partial charge in [0, 0.05) is 25.3 Å². The molecule has 160 valence electrons. The molecule has 5 rings (SSSR count). The molecule has 12 heteroatoms. The monoisotopic (exact) mass is 425 g/mol. The number of Topliss-reactive ketones (excluding diaryl/α,β-unsaturated/α-hetero) is 2. The summed E-state index contributed by atoms with van der Waals surface area (Å²) in [5.41, 5.74) is 4.73. The van der Waals surface area contributed by atoms with E-state index in [9.17, 15) is 19.6 Å². The molecule has 0 saturated carbocycles. The highest BCUT2D eigenvalue weighted by Crippen LogP contribution is 2.55. The van der Waals surface area contributed by atoms with E-state index in [-0.39, 0.29) is 52.8 Å². The second-order valence-electron chi connectivity index (χ2n) is 7.92. The van der Waals surface area contributed by atoms with E-state index in [1.165, 1.54) is 13.3 Å². The fraction of sp³-hybridized carbons (Fsp3) is 0.474. The predicted molar refractivity (Wildman–Crippen MR) is 103 cm³/mol. The van der Waals surface area contributed by atoms with Gasteiger partial charge in [0.25, 0.3) is 0 Å². The molecule has 4 heterocycles. The van der Waals surface area contributed by atoms with E-state index < -0.39 is 29.4 Å². The maximum Gasteiger partial charge on any atom is 0.404 e. The molecule has 5 atom stereocenters. The van der Waals surface area contributed by atoms with E-state index in [1.54, 1.807) is 6.92 Å². The Hall–Kier alpha value is -3.56. The molecular formula is C19H19N7O5. The van der Waals surface area contributed by atoms with Crippen LogP contribution < -0.4 is 11.1 Å². The Morgan fingerprint density at radius 1 is 1.52 bits per heavy atom. The minimum absolute atomic E-state index is 0.0127. The fourth-order valence-electron chi connectivity index (χ4n) is 5.09. The summed E-state index contributed by atoms with van der Waals surface area (Å²) in [5.74, 6) is -2.21. The number of ketones is 2. The summed E-state index contributed by atoms with van der Waals surface area (Å²) in [6.45, 7) is 1.86. The predicted octanol–water partition coefficient (Wildman–Crippen LogP) is -0.880. The summed E-state index contributed by atoms with van der Waals surface area (Å²) in [6, 6.07) is 1.92. The number of allylic oxidation sites excluding steroid dienone is 1. The fourth-order valence-corrected chi connectivity index (χ4v) is 5.09. The number of amides is 1. The molecule has 1 aromatic heterocycles. The van der Waals surface area contributed by atoms with Crippen LogP contribution in [0, 0.1) is 23.2 Å². The van der Waals surface area contributed by atoms with Crippen LogP contribution >= 0.6 is 0 Å². The van der Waals surface area contributed by atoms with Crippen molar-refractivity contribution in [2.75, 3.05) is 20.3 Å². The molecule has 0 spiro atoms. The van der Waals surface area contributed by atoms with Crippen molar-refractivity contribution in [1.82, 2.24) is 20.4 Å². The highest BCUT2D eigenvalue weighted by Gasteiger charge is 2.73. The Morgan fingerprint density at radius 2 is 2.29 bits per heavy atom. The molecule has 0 bridgehead atoms. The van der Waals surface area contributed by atoms with Crippen molar-refractivity contribution in [3.8, 4) is 6.07 Å². The van der Waals surface area contributed by atoms with Crippen LogP contribution in [0.3, 0.4) is 0 Å². The number of piperazine rings is 1. The number of nitrogens with one attached hydrogen (secondary N) is 2. The molecule has 4 aliphatic rings. The van der Waals surface area contributed by atoms with Crippen LogP contribution in [0.25, 0.3) is 0 Å². The number of nitrogens with two attached hydrogens (primary N) is 1. The van der Waals surface area contributed by atoms with Gasteiger partial charge in [0.05, 0.1) is 29.8 Å². The third-order valence-corrected chi connectivity index (χ3v) is 6.51. The number of nitriles is 1. The number of primary amides is 1. The first-order chi connectivity index (χ1) is 14.8. The quantitative estimate of drug-likeness (QED) is 0.515. The van der Waals surface area contributed by atoms with Gasteiger partial charge in [-0.05, 0) is 6.92 Å². The number of aromatic nitrogens is 2. The third-order valence-electron chi connectivity index (χ3n) is 6.51. The Morgan fingerprint density at radius 3 is 2.97 bits per heavy atom. The molecule has 0 aromatic carbocycles. The molecule has 2 fully saturated rings. The topological polar surface area (TPSA) is 186 Å². The molecule has 3 aliphatic heterocycles. The number of aliphatic imine (C=N–C) groups is 1. The van der Waals surface area contributed by atoms with E-state index in [0.29, 0.717) is 6.54 Å². The summed E-state index contributed by atoms with van der Waals surface area (Å²) in [4.78, 5) is 44.5. The highest BCUT2D eigenvalue weighted by molar-refractivity contribution is 6.53. The number of rotatable bonds is 4. The molecule has 1 aliphatic carbocycles. The van der Waals surface area contributed by atoms with Gasteiger partial charge in [-0.1, -0.05) is 0 Å². The van der Waals surface area contributed by atoms with Crippen molar-refractivity contribution < 1.29 is 23.9 Å². The summed E-state index contributed by atoms with van der Waals surface area (Å²) < 4.78 is 11.0. The minimum atomic E-state index is -1.04. The van der Waals surface area contributed by atoms with E-state index in [2.05, 4.69) is 20.5 Å². The van der Waals surface area contributed by atoms with E-state index in [1.807, 2.05) is 11.0 Å². The van der Waals surface area contributed by atoms with Crippen molar-refractivity contribution in [1.29, 1.82) is 5.26 Å². The minimum Gasteiger partial charge on any atom is -0.449 e. The smallest absolute Gasteiger partial charge is 0.404 e. The number of aromatic amines is 1. The average molecular weight is 425 g/mol. The lowest BCUT2D eigenvalue weighted by atomic mass is 9.78. The first-order valence-corrected chi connectivity index (χ1v) is 9.71. The van der Waals surface area contributed by atoms with Gasteiger partial charge in [0.1, 0.15) is 24.0 Å². The summed E-state index contributed by atoms with van der Waals surface area (Å²) in [6.07, 6.45) is 0.302. The van der Waals surface area contributed by atoms with Gasteiger partial charge in [0.2, 0.25) is 5.78 Å². The zero-order chi connectivity index (χ0) is 22.1. The number of carbonyl (C=O) groups excluding carboxylic acids is 3. The molecular weight excluding hydrogens is 406 g/mol. The first-order valence-electron chi connectivity index (χ1n) is 9.71. The highest BCUT2D eigenvalue weighted by atomic mass is 16.6. The number of carbonyl (C=O) groups is 3. The van der Waals surface area contributed by atoms with Crippen LogP contribution in [0.2, 0.25) is 0 Å². The standard InChI is InChI=1S/C19H19N7O5/c1-7-12(24-17-8(3-20)4-22-25-17)15(28)11-9(6-31-18(21)29)19(30-2)16-10(23-16)5-26(19)13(11)14(7)27/h4,7,9-10,16,23H,5-6H2,1-2H3,(H2,21,29)(H,22,25). The second kappa shape index (κ2) is 6.47. The largest absolute Gasteiger partial charge is 0.449 e. The van der Waals surface area contributed by atoms with E-state index >= 15 is 0 Å². The zero-order valence-electron chi connectivity index (χ0n) is 16.7. The summed E-state index contributed by atoms with van der Waals surface area (Å²) in [5, 5.41) is 18.9. The molecule has 5 unspecified atom stereocenters. The Bertz CT molecular complexity index is 1130. The van der Waals surface area contributed by atoms with Crippen LogP contribution in [0.4, 0.5) is 10.6 Å². The van der Waals surface area contributed by atoms with Gasteiger partial charge in [-0.25, -0.2) is 9.79 Å². The third kappa shape index (κ3) is 2.44. The zero-order valence-corrected chi connectivity index (χ0v) is 16.7. The van der Waals surface area contributed by atoms with Gasteiger partial charge in [-0.15, -0.1) is 0 Å². The summed E-state index contributed by atoms with van der Waals surface area (Å²) >= 11 is 0. The van der Waals surface area contributed by atoms with Crippen LogP contribution in [0.15, 0.2) is 22.5 Å². The van der Waals surface area contributed by atoms with Crippen molar-refractivity contribution >= 4 is 29.2 Å². The molecule has 1 aromatic rings. The molecule has 1 amide bonds. The maximum atomic E-state index is 13.6. The van der Waals surface area contributed by atoms with Gasteiger partial charge < -0.3 is 25.4 Å². The van der Waals surface area contributed by atoms with Crippen LogP contribution in [-0.2, 0) is 19.1 Å². The van der Waals surface area contributed by atoms with Gasteiger partial charge in [-0.2, -0.15) is 10.4 Å². The van der Waals surface area contributed by atoms with Gasteiger partial charge >= 0.3 is 6.09 Å². The van der Waals surface area contributed by atoms with Gasteiger partial charge in [0.15, 0.2) is 17.3 Å². The Kier molecular flexibility index (Phi) is 4.05. The lowest BCUT2D eigenvalue weighted by molar-refractivity contribution is -0.138. The van der Waals surface area contributed by atoms with Crippen molar-refractivity contribution in [3.63, 3.8) is 0 Å². The Labute approximate surface area is 176 Å². The second-order valence-corrected chi connectivity index (χ2v) is 7.92. The number of ether oxygens (including phenoxy) is 2.